The quantitative estimate of drug-likeness (QED) is 0.803. The molecule has 1 aromatic rings. The van der Waals surface area contributed by atoms with Crippen molar-refractivity contribution in [3.63, 3.8) is 0 Å². The van der Waals surface area contributed by atoms with E-state index < -0.39 is 0 Å². The SMILES string of the molecule is CC(=O)N1CCC[C@@H]1c1cc(N(C)C)cc(C)n1. The Morgan fingerprint density at radius 1 is 1.44 bits per heavy atom. The second-order valence-electron chi connectivity index (χ2n) is 5.16. The van der Waals surface area contributed by atoms with Gasteiger partial charge in [0.2, 0.25) is 5.91 Å². The Labute approximate surface area is 109 Å². The van der Waals surface area contributed by atoms with Crippen LogP contribution in [0.5, 0.6) is 0 Å². The molecule has 0 N–H and O–H groups in total. The van der Waals surface area contributed by atoms with Gasteiger partial charge in [0.25, 0.3) is 0 Å². The summed E-state index contributed by atoms with van der Waals surface area (Å²) in [6.45, 7) is 4.50. The van der Waals surface area contributed by atoms with E-state index >= 15 is 0 Å². The summed E-state index contributed by atoms with van der Waals surface area (Å²) in [4.78, 5) is 20.2. The maximum absolute atomic E-state index is 11.6. The van der Waals surface area contributed by atoms with Gasteiger partial charge in [-0.2, -0.15) is 0 Å². The van der Waals surface area contributed by atoms with Gasteiger partial charge < -0.3 is 9.80 Å². The number of aryl methyl sites for hydroxylation is 1. The van der Waals surface area contributed by atoms with Crippen LogP contribution in [-0.2, 0) is 4.79 Å². The molecule has 0 saturated carbocycles. The van der Waals surface area contributed by atoms with Crippen molar-refractivity contribution >= 4 is 11.6 Å². The summed E-state index contributed by atoms with van der Waals surface area (Å²) in [7, 11) is 4.05. The smallest absolute Gasteiger partial charge is 0.220 e. The Kier molecular flexibility index (Phi) is 3.55. The maximum Gasteiger partial charge on any atom is 0.220 e. The van der Waals surface area contributed by atoms with Gasteiger partial charge in [-0.15, -0.1) is 0 Å². The second-order valence-corrected chi connectivity index (χ2v) is 5.16. The van der Waals surface area contributed by atoms with Crippen molar-refractivity contribution in [3.05, 3.63) is 23.5 Å². The monoisotopic (exact) mass is 247 g/mol. The summed E-state index contributed by atoms with van der Waals surface area (Å²) >= 11 is 0. The Hall–Kier alpha value is -1.58. The third-order valence-electron chi connectivity index (χ3n) is 3.47. The number of rotatable bonds is 2. The molecule has 2 rings (SSSR count). The van der Waals surface area contributed by atoms with Crippen molar-refractivity contribution in [1.82, 2.24) is 9.88 Å². The van der Waals surface area contributed by atoms with Crippen molar-refractivity contribution in [2.45, 2.75) is 32.7 Å². The minimum absolute atomic E-state index is 0.146. The van der Waals surface area contributed by atoms with Gasteiger partial charge in [-0.1, -0.05) is 0 Å². The van der Waals surface area contributed by atoms with Gasteiger partial charge in [0.1, 0.15) is 0 Å². The topological polar surface area (TPSA) is 36.4 Å². The van der Waals surface area contributed by atoms with Gasteiger partial charge in [0, 0.05) is 38.9 Å². The molecule has 0 bridgehead atoms. The number of aromatic nitrogens is 1. The van der Waals surface area contributed by atoms with Crippen LogP contribution in [0.4, 0.5) is 5.69 Å². The number of hydrogen-bond acceptors (Lipinski definition) is 3. The molecule has 98 valence electrons. The standard InChI is InChI=1S/C14H21N3O/c1-10-8-12(16(3)4)9-13(15-10)14-6-5-7-17(14)11(2)18/h8-9,14H,5-7H2,1-4H3/t14-/m1/s1. The van der Waals surface area contributed by atoms with E-state index in [-0.39, 0.29) is 11.9 Å². The molecule has 2 heterocycles. The minimum atomic E-state index is 0.146. The molecule has 0 spiro atoms. The Morgan fingerprint density at radius 2 is 2.17 bits per heavy atom. The maximum atomic E-state index is 11.6. The zero-order valence-corrected chi connectivity index (χ0v) is 11.6. The summed E-state index contributed by atoms with van der Waals surface area (Å²) < 4.78 is 0. The highest BCUT2D eigenvalue weighted by Gasteiger charge is 2.29. The Morgan fingerprint density at radius 3 is 2.78 bits per heavy atom. The van der Waals surface area contributed by atoms with Crippen LogP contribution in [0.3, 0.4) is 0 Å². The van der Waals surface area contributed by atoms with Crippen LogP contribution in [0, 0.1) is 6.92 Å². The first-order valence-corrected chi connectivity index (χ1v) is 6.42. The van der Waals surface area contributed by atoms with Crippen LogP contribution in [0.25, 0.3) is 0 Å². The van der Waals surface area contributed by atoms with E-state index in [0.29, 0.717) is 0 Å². The summed E-state index contributed by atoms with van der Waals surface area (Å²) in [5, 5.41) is 0. The highest BCUT2D eigenvalue weighted by Crippen LogP contribution is 2.32. The fraction of sp³-hybridized carbons (Fsp3) is 0.571. The molecule has 0 aliphatic carbocycles. The first-order valence-electron chi connectivity index (χ1n) is 6.42. The normalized spacial score (nSPS) is 19.1. The van der Waals surface area contributed by atoms with Crippen molar-refractivity contribution in [2.24, 2.45) is 0 Å². The number of carbonyl (C=O) groups excluding carboxylic acids is 1. The summed E-state index contributed by atoms with van der Waals surface area (Å²) in [5.41, 5.74) is 3.17. The van der Waals surface area contributed by atoms with E-state index in [1.807, 2.05) is 25.9 Å². The summed E-state index contributed by atoms with van der Waals surface area (Å²) in [5.74, 6) is 0.146. The molecular formula is C14H21N3O. The molecule has 1 aromatic heterocycles. The highest BCUT2D eigenvalue weighted by atomic mass is 16.2. The number of carbonyl (C=O) groups is 1. The number of hydrogen-bond donors (Lipinski definition) is 0. The minimum Gasteiger partial charge on any atom is -0.378 e. The zero-order valence-electron chi connectivity index (χ0n) is 11.6. The average Bonchev–Trinajstić information content (AvgIpc) is 2.76. The van der Waals surface area contributed by atoms with Gasteiger partial charge >= 0.3 is 0 Å². The lowest BCUT2D eigenvalue weighted by molar-refractivity contribution is -0.129. The number of nitrogens with zero attached hydrogens (tertiary/aromatic N) is 3. The Bertz CT molecular complexity index is 456. The van der Waals surface area contributed by atoms with Gasteiger partial charge in [0.05, 0.1) is 11.7 Å². The molecule has 0 aromatic carbocycles. The van der Waals surface area contributed by atoms with E-state index in [1.54, 1.807) is 6.92 Å². The highest BCUT2D eigenvalue weighted by molar-refractivity contribution is 5.74. The lowest BCUT2D eigenvalue weighted by atomic mass is 10.1. The fourth-order valence-electron chi connectivity index (χ4n) is 2.56. The van der Waals surface area contributed by atoms with Crippen molar-refractivity contribution in [1.29, 1.82) is 0 Å². The third kappa shape index (κ3) is 2.47. The second kappa shape index (κ2) is 4.96. The fourth-order valence-corrected chi connectivity index (χ4v) is 2.56. The average molecular weight is 247 g/mol. The number of anilines is 1. The van der Waals surface area contributed by atoms with Gasteiger partial charge in [-0.05, 0) is 31.9 Å². The summed E-state index contributed by atoms with van der Waals surface area (Å²) in [6, 6.07) is 4.32. The largest absolute Gasteiger partial charge is 0.378 e. The first-order chi connectivity index (χ1) is 8.49. The zero-order chi connectivity index (χ0) is 13.3. The molecule has 4 heteroatoms. The molecule has 0 unspecified atom stereocenters. The molecule has 18 heavy (non-hydrogen) atoms. The van der Waals surface area contributed by atoms with Gasteiger partial charge in [-0.3, -0.25) is 9.78 Å². The molecule has 1 saturated heterocycles. The van der Waals surface area contributed by atoms with E-state index in [9.17, 15) is 4.79 Å². The van der Waals surface area contributed by atoms with E-state index in [2.05, 4.69) is 22.0 Å². The lowest BCUT2D eigenvalue weighted by Crippen LogP contribution is -2.28. The van der Waals surface area contributed by atoms with E-state index in [0.717, 1.165) is 36.5 Å². The predicted molar refractivity (Wildman–Crippen MR) is 72.7 cm³/mol. The van der Waals surface area contributed by atoms with Crippen LogP contribution < -0.4 is 4.90 Å². The summed E-state index contributed by atoms with van der Waals surface area (Å²) in [6.07, 6.45) is 2.08. The molecule has 1 aliphatic rings. The van der Waals surface area contributed by atoms with Crippen molar-refractivity contribution < 1.29 is 4.79 Å². The van der Waals surface area contributed by atoms with E-state index in [4.69, 9.17) is 0 Å². The molecule has 1 amide bonds. The van der Waals surface area contributed by atoms with Gasteiger partial charge in [0.15, 0.2) is 0 Å². The van der Waals surface area contributed by atoms with Crippen LogP contribution in [0.1, 0.15) is 37.2 Å². The van der Waals surface area contributed by atoms with Crippen molar-refractivity contribution in [2.75, 3.05) is 25.5 Å². The Balaban J connectivity index is 2.35. The molecule has 0 radical (unpaired) electrons. The molecule has 4 nitrogen and oxygen atoms in total. The van der Waals surface area contributed by atoms with Crippen molar-refractivity contribution in [3.8, 4) is 0 Å². The number of likely N-dealkylation sites (tertiary alicyclic amines) is 1. The number of pyridine rings is 1. The van der Waals surface area contributed by atoms with Crippen LogP contribution in [0.15, 0.2) is 12.1 Å². The third-order valence-corrected chi connectivity index (χ3v) is 3.47. The van der Waals surface area contributed by atoms with Crippen LogP contribution in [0.2, 0.25) is 0 Å². The molecule has 1 atom stereocenters. The molecular weight excluding hydrogens is 226 g/mol. The number of amides is 1. The van der Waals surface area contributed by atoms with Crippen LogP contribution in [-0.4, -0.2) is 36.4 Å². The van der Waals surface area contributed by atoms with Gasteiger partial charge in [-0.25, -0.2) is 0 Å². The lowest BCUT2D eigenvalue weighted by Gasteiger charge is -2.24. The predicted octanol–water partition coefficient (Wildman–Crippen LogP) is 2.14. The van der Waals surface area contributed by atoms with Crippen LogP contribution >= 0.6 is 0 Å². The first kappa shape index (κ1) is 12.9. The molecule has 1 fully saturated rings. The molecule has 1 aliphatic heterocycles. The van der Waals surface area contributed by atoms with E-state index in [1.165, 1.54) is 0 Å².